The summed E-state index contributed by atoms with van der Waals surface area (Å²) in [7, 11) is 1.81. The highest BCUT2D eigenvalue weighted by molar-refractivity contribution is 5.80. The third kappa shape index (κ3) is 4.64. The minimum Gasteiger partial charge on any atom is -0.394 e. The number of anilines is 1. The Bertz CT molecular complexity index is 435. The Morgan fingerprint density at radius 1 is 1.43 bits per heavy atom. The zero-order valence-corrected chi connectivity index (χ0v) is 12.3. The van der Waals surface area contributed by atoms with E-state index in [2.05, 4.69) is 9.97 Å². The van der Waals surface area contributed by atoms with Crippen molar-refractivity contribution in [3.63, 3.8) is 0 Å². The first-order valence-corrected chi connectivity index (χ1v) is 7.19. The number of nitrogens with zero attached hydrogens (tertiary/aromatic N) is 4. The summed E-state index contributed by atoms with van der Waals surface area (Å²) >= 11 is 0. The standard InChI is InChI=1S/C14H22N4O3/c1-17(14-15-5-2-6-16-14)11-13(20)18-7-3-12(4-8-18)21-10-9-19/h2,5-6,12,19H,3-4,7-11H2,1H3. The first-order valence-electron chi connectivity index (χ1n) is 7.19. The molecule has 0 bridgehead atoms. The van der Waals surface area contributed by atoms with Crippen LogP contribution in [0.2, 0.25) is 0 Å². The summed E-state index contributed by atoms with van der Waals surface area (Å²) < 4.78 is 5.49. The van der Waals surface area contributed by atoms with E-state index < -0.39 is 0 Å². The Morgan fingerprint density at radius 3 is 2.71 bits per heavy atom. The molecule has 7 nitrogen and oxygen atoms in total. The molecule has 2 rings (SSSR count). The van der Waals surface area contributed by atoms with Gasteiger partial charge in [-0.25, -0.2) is 9.97 Å². The van der Waals surface area contributed by atoms with Crippen LogP contribution in [0.4, 0.5) is 5.95 Å². The van der Waals surface area contributed by atoms with Crippen molar-refractivity contribution < 1.29 is 14.6 Å². The van der Waals surface area contributed by atoms with Crippen molar-refractivity contribution in [1.82, 2.24) is 14.9 Å². The topological polar surface area (TPSA) is 78.8 Å². The summed E-state index contributed by atoms with van der Waals surface area (Å²) in [5.41, 5.74) is 0. The second-order valence-corrected chi connectivity index (χ2v) is 5.08. The van der Waals surface area contributed by atoms with Gasteiger partial charge in [0.05, 0.1) is 25.9 Å². The predicted octanol–water partition coefficient (Wildman–Crippen LogP) is -0.0873. The lowest BCUT2D eigenvalue weighted by molar-refractivity contribution is -0.132. The third-order valence-corrected chi connectivity index (χ3v) is 3.51. The van der Waals surface area contributed by atoms with Crippen molar-refractivity contribution >= 4 is 11.9 Å². The quantitative estimate of drug-likeness (QED) is 0.790. The fraction of sp³-hybridized carbons (Fsp3) is 0.643. The number of aromatic nitrogens is 2. The summed E-state index contributed by atoms with van der Waals surface area (Å²) in [5, 5.41) is 8.74. The number of rotatable bonds is 6. The number of likely N-dealkylation sites (N-methyl/N-ethyl adjacent to an activating group) is 1. The second kappa shape index (κ2) is 7.90. The highest BCUT2D eigenvalue weighted by Gasteiger charge is 2.24. The number of aliphatic hydroxyl groups is 1. The van der Waals surface area contributed by atoms with Crippen LogP contribution in [-0.2, 0) is 9.53 Å². The van der Waals surface area contributed by atoms with E-state index in [0.717, 1.165) is 12.8 Å². The summed E-state index contributed by atoms with van der Waals surface area (Å²) in [6.45, 7) is 2.07. The van der Waals surface area contributed by atoms with E-state index in [1.807, 2.05) is 11.9 Å². The van der Waals surface area contributed by atoms with Crippen LogP contribution in [-0.4, -0.2) is 71.9 Å². The van der Waals surface area contributed by atoms with Gasteiger partial charge in [0.2, 0.25) is 11.9 Å². The molecule has 0 atom stereocenters. The summed E-state index contributed by atoms with van der Waals surface area (Å²) in [6.07, 6.45) is 5.10. The van der Waals surface area contributed by atoms with Gasteiger partial charge < -0.3 is 19.6 Å². The highest BCUT2D eigenvalue weighted by Crippen LogP contribution is 2.14. The predicted molar refractivity (Wildman–Crippen MR) is 77.9 cm³/mol. The molecule has 1 fully saturated rings. The van der Waals surface area contributed by atoms with E-state index >= 15 is 0 Å². The monoisotopic (exact) mass is 294 g/mol. The van der Waals surface area contributed by atoms with Gasteiger partial charge in [0, 0.05) is 32.5 Å². The Labute approximate surface area is 124 Å². The lowest BCUT2D eigenvalue weighted by Crippen LogP contribution is -2.45. The van der Waals surface area contributed by atoms with Crippen molar-refractivity contribution in [3.8, 4) is 0 Å². The minimum atomic E-state index is 0.0427. The summed E-state index contributed by atoms with van der Waals surface area (Å²) in [5.74, 6) is 0.623. The number of amides is 1. The highest BCUT2D eigenvalue weighted by atomic mass is 16.5. The van der Waals surface area contributed by atoms with E-state index in [-0.39, 0.29) is 25.2 Å². The smallest absolute Gasteiger partial charge is 0.242 e. The van der Waals surface area contributed by atoms with Crippen molar-refractivity contribution in [3.05, 3.63) is 18.5 Å². The zero-order valence-electron chi connectivity index (χ0n) is 12.3. The fourth-order valence-corrected chi connectivity index (χ4v) is 2.35. The molecule has 1 aliphatic heterocycles. The van der Waals surface area contributed by atoms with Gasteiger partial charge in [0.1, 0.15) is 0 Å². The molecule has 1 aromatic heterocycles. The molecule has 116 valence electrons. The largest absolute Gasteiger partial charge is 0.394 e. The van der Waals surface area contributed by atoms with E-state index in [1.54, 1.807) is 23.4 Å². The molecule has 1 aromatic rings. The van der Waals surface area contributed by atoms with Crippen LogP contribution in [0.25, 0.3) is 0 Å². The molecule has 1 aliphatic rings. The molecule has 0 spiro atoms. The lowest BCUT2D eigenvalue weighted by atomic mass is 10.1. The van der Waals surface area contributed by atoms with Crippen LogP contribution in [0.1, 0.15) is 12.8 Å². The van der Waals surface area contributed by atoms with Crippen LogP contribution in [0.5, 0.6) is 0 Å². The first kappa shape index (κ1) is 15.7. The van der Waals surface area contributed by atoms with Crippen molar-refractivity contribution in [2.24, 2.45) is 0 Å². The van der Waals surface area contributed by atoms with E-state index in [1.165, 1.54) is 0 Å². The summed E-state index contributed by atoms with van der Waals surface area (Å²) in [6, 6.07) is 1.75. The van der Waals surface area contributed by atoms with Crippen LogP contribution in [0.15, 0.2) is 18.5 Å². The number of hydrogen-bond acceptors (Lipinski definition) is 6. The Morgan fingerprint density at radius 2 is 2.10 bits per heavy atom. The Kier molecular flexibility index (Phi) is 5.89. The molecule has 0 unspecified atom stereocenters. The molecular weight excluding hydrogens is 272 g/mol. The molecule has 1 amide bonds. The van der Waals surface area contributed by atoms with Gasteiger partial charge in [0.15, 0.2) is 0 Å². The van der Waals surface area contributed by atoms with Crippen LogP contribution >= 0.6 is 0 Å². The molecule has 2 heterocycles. The summed E-state index contributed by atoms with van der Waals surface area (Å²) in [4.78, 5) is 24.1. The first-order chi connectivity index (χ1) is 10.2. The average Bonchev–Trinajstić information content (AvgIpc) is 2.54. The number of hydrogen-bond donors (Lipinski definition) is 1. The van der Waals surface area contributed by atoms with E-state index in [0.29, 0.717) is 25.6 Å². The van der Waals surface area contributed by atoms with Crippen molar-refractivity contribution in [2.75, 3.05) is 44.8 Å². The molecule has 0 aliphatic carbocycles. The molecule has 1 saturated heterocycles. The Hall–Kier alpha value is -1.73. The van der Waals surface area contributed by atoms with Crippen LogP contribution in [0, 0.1) is 0 Å². The fourth-order valence-electron chi connectivity index (χ4n) is 2.35. The van der Waals surface area contributed by atoms with Gasteiger partial charge in [-0.05, 0) is 18.9 Å². The van der Waals surface area contributed by atoms with Crippen molar-refractivity contribution in [1.29, 1.82) is 0 Å². The second-order valence-electron chi connectivity index (χ2n) is 5.08. The van der Waals surface area contributed by atoms with Gasteiger partial charge in [0.25, 0.3) is 0 Å². The normalized spacial score (nSPS) is 16.0. The SMILES string of the molecule is CN(CC(=O)N1CCC(OCCO)CC1)c1ncccn1. The lowest BCUT2D eigenvalue weighted by Gasteiger charge is -2.32. The third-order valence-electron chi connectivity index (χ3n) is 3.51. The number of carbonyl (C=O) groups excluding carboxylic acids is 1. The Balaban J connectivity index is 1.77. The maximum atomic E-state index is 12.3. The van der Waals surface area contributed by atoms with Crippen LogP contribution < -0.4 is 4.90 Å². The number of piperidine rings is 1. The maximum Gasteiger partial charge on any atom is 0.242 e. The van der Waals surface area contributed by atoms with Crippen molar-refractivity contribution in [2.45, 2.75) is 18.9 Å². The van der Waals surface area contributed by atoms with Crippen LogP contribution in [0.3, 0.4) is 0 Å². The molecule has 7 heteroatoms. The zero-order chi connectivity index (χ0) is 15.1. The molecule has 21 heavy (non-hydrogen) atoms. The van der Waals surface area contributed by atoms with Gasteiger partial charge in [-0.1, -0.05) is 0 Å². The number of aliphatic hydroxyl groups excluding tert-OH is 1. The van der Waals surface area contributed by atoms with Gasteiger partial charge >= 0.3 is 0 Å². The van der Waals surface area contributed by atoms with E-state index in [9.17, 15) is 4.79 Å². The van der Waals surface area contributed by atoms with Gasteiger partial charge in [-0.15, -0.1) is 0 Å². The minimum absolute atomic E-state index is 0.0427. The van der Waals surface area contributed by atoms with Gasteiger partial charge in [-0.2, -0.15) is 0 Å². The molecule has 1 N–H and O–H groups in total. The van der Waals surface area contributed by atoms with Gasteiger partial charge in [-0.3, -0.25) is 4.79 Å². The van der Waals surface area contributed by atoms with E-state index in [4.69, 9.17) is 9.84 Å². The number of ether oxygens (including phenoxy) is 1. The molecule has 0 aromatic carbocycles. The molecular formula is C14H22N4O3. The molecule has 0 saturated carbocycles. The molecule has 0 radical (unpaired) electrons. The number of carbonyl (C=O) groups is 1. The maximum absolute atomic E-state index is 12.3. The number of likely N-dealkylation sites (tertiary alicyclic amines) is 1. The average molecular weight is 294 g/mol.